The van der Waals surface area contributed by atoms with Gasteiger partial charge in [0.2, 0.25) is 10.0 Å². The highest BCUT2D eigenvalue weighted by Gasteiger charge is 2.34. The molecule has 32 heavy (non-hydrogen) atoms. The van der Waals surface area contributed by atoms with Crippen LogP contribution in [0.3, 0.4) is 0 Å². The third-order valence-electron chi connectivity index (χ3n) is 6.37. The minimum Gasteiger partial charge on any atom is -0.369 e. The summed E-state index contributed by atoms with van der Waals surface area (Å²) in [6.45, 7) is 16.8. The van der Waals surface area contributed by atoms with Gasteiger partial charge in [-0.1, -0.05) is 37.4 Å². The second-order valence-electron chi connectivity index (χ2n) is 8.33. The number of nitrogens with one attached hydrogen (secondary N) is 1. The first kappa shape index (κ1) is 24.7. The fourth-order valence-electron chi connectivity index (χ4n) is 4.72. The highest BCUT2D eigenvalue weighted by atomic mass is 35.5. The van der Waals surface area contributed by atoms with Gasteiger partial charge >= 0.3 is 0 Å². The van der Waals surface area contributed by atoms with Crippen molar-refractivity contribution in [2.45, 2.75) is 18.8 Å². The Bertz CT molecular complexity index is 991. The molecule has 0 spiro atoms. The Morgan fingerprint density at radius 2 is 1.88 bits per heavy atom. The minimum atomic E-state index is -3.19. The van der Waals surface area contributed by atoms with Crippen LogP contribution in [0, 0.1) is 5.92 Å². The van der Waals surface area contributed by atoms with Gasteiger partial charge in [0.05, 0.1) is 6.26 Å². The molecule has 6 nitrogen and oxygen atoms in total. The van der Waals surface area contributed by atoms with Crippen LogP contribution in [0.15, 0.2) is 55.2 Å². The fourth-order valence-corrected chi connectivity index (χ4v) is 5.76. The number of hydrogen-bond donors (Lipinski definition) is 1. The van der Waals surface area contributed by atoms with Crippen molar-refractivity contribution in [1.82, 2.24) is 14.5 Å². The molecule has 174 valence electrons. The van der Waals surface area contributed by atoms with Crippen LogP contribution in [0.25, 0.3) is 5.70 Å². The van der Waals surface area contributed by atoms with E-state index in [1.165, 1.54) is 12.5 Å². The molecule has 0 saturated carbocycles. The zero-order valence-electron chi connectivity index (χ0n) is 18.8. The summed E-state index contributed by atoms with van der Waals surface area (Å²) in [4.78, 5) is 6.83. The largest absolute Gasteiger partial charge is 0.369 e. The normalized spacial score (nSPS) is 20.1. The van der Waals surface area contributed by atoms with Crippen molar-refractivity contribution in [1.29, 1.82) is 0 Å². The van der Waals surface area contributed by atoms with Gasteiger partial charge in [0.15, 0.2) is 0 Å². The van der Waals surface area contributed by atoms with E-state index >= 15 is 0 Å². The maximum atomic E-state index is 12.0. The molecule has 2 saturated heterocycles. The third kappa shape index (κ3) is 5.70. The van der Waals surface area contributed by atoms with Crippen LogP contribution in [0.4, 0.5) is 0 Å². The standard InChI is InChI=1S/C24H33ClN4O2S/c1-5-23(27-6-2)24(19-9-13-29(14-10-19)32(4,30)31)21-8-7-20(25)17-22(21)18(3)28-15-11-26-12-16-28/h5-8,17,19,24,26H,1-3,9-16H2,4H3. The monoisotopic (exact) mass is 476 g/mol. The lowest BCUT2D eigenvalue weighted by atomic mass is 9.75. The summed E-state index contributed by atoms with van der Waals surface area (Å²) in [6, 6.07) is 5.94. The smallest absolute Gasteiger partial charge is 0.211 e. The van der Waals surface area contributed by atoms with Gasteiger partial charge in [0, 0.05) is 73.4 Å². The third-order valence-corrected chi connectivity index (χ3v) is 7.91. The van der Waals surface area contributed by atoms with Crippen LogP contribution in [0.5, 0.6) is 0 Å². The average Bonchev–Trinajstić information content (AvgIpc) is 2.79. The molecular formula is C24H33ClN4O2S. The van der Waals surface area contributed by atoms with Gasteiger partial charge in [0.25, 0.3) is 0 Å². The molecule has 1 aromatic rings. The summed E-state index contributed by atoms with van der Waals surface area (Å²) in [7, 11) is -3.19. The highest BCUT2D eigenvalue weighted by Crippen LogP contribution is 2.39. The SMILES string of the molecule is C=CN=C(C=C)C(c1ccc(Cl)cc1C(=C)N1CCNCC1)C1CCN(S(C)(=O)=O)CC1. The van der Waals surface area contributed by atoms with E-state index in [1.54, 1.807) is 10.4 Å². The predicted octanol–water partition coefficient (Wildman–Crippen LogP) is 3.74. The second-order valence-corrected chi connectivity index (χ2v) is 10.8. The lowest BCUT2D eigenvalue weighted by Crippen LogP contribution is -2.42. The first-order valence-electron chi connectivity index (χ1n) is 11.0. The number of benzene rings is 1. The fraction of sp³-hybridized carbons (Fsp3) is 0.458. The van der Waals surface area contributed by atoms with Crippen molar-refractivity contribution in [3.05, 3.63) is 66.4 Å². The lowest BCUT2D eigenvalue weighted by Gasteiger charge is -2.37. The Labute approximate surface area is 197 Å². The predicted molar refractivity (Wildman–Crippen MR) is 135 cm³/mol. The van der Waals surface area contributed by atoms with Crippen LogP contribution < -0.4 is 5.32 Å². The zero-order valence-corrected chi connectivity index (χ0v) is 20.3. The molecule has 0 amide bonds. The molecule has 0 aliphatic carbocycles. The van der Waals surface area contributed by atoms with Gasteiger partial charge in [0.1, 0.15) is 0 Å². The average molecular weight is 477 g/mol. The van der Waals surface area contributed by atoms with E-state index < -0.39 is 10.0 Å². The van der Waals surface area contributed by atoms with Crippen molar-refractivity contribution in [3.63, 3.8) is 0 Å². The lowest BCUT2D eigenvalue weighted by molar-refractivity contribution is 0.265. The van der Waals surface area contributed by atoms with Gasteiger partial charge in [-0.15, -0.1) is 0 Å². The molecule has 1 atom stereocenters. The summed E-state index contributed by atoms with van der Waals surface area (Å²) < 4.78 is 25.6. The van der Waals surface area contributed by atoms with Crippen LogP contribution in [0.2, 0.25) is 5.02 Å². The molecule has 1 unspecified atom stereocenters. The molecule has 8 heteroatoms. The Balaban J connectivity index is 2.02. The van der Waals surface area contributed by atoms with Crippen molar-refractivity contribution < 1.29 is 8.42 Å². The van der Waals surface area contributed by atoms with Gasteiger partial charge in [-0.2, -0.15) is 0 Å². The van der Waals surface area contributed by atoms with Crippen LogP contribution in [-0.2, 0) is 10.0 Å². The zero-order chi connectivity index (χ0) is 23.3. The number of nitrogens with zero attached hydrogens (tertiary/aromatic N) is 3. The summed E-state index contributed by atoms with van der Waals surface area (Å²) in [5.74, 6) is 0.152. The summed E-state index contributed by atoms with van der Waals surface area (Å²) in [5, 5.41) is 4.03. The summed E-state index contributed by atoms with van der Waals surface area (Å²) in [6.07, 6.45) is 6.07. The summed E-state index contributed by atoms with van der Waals surface area (Å²) in [5.41, 5.74) is 3.88. The number of sulfonamides is 1. The number of piperidine rings is 1. The van der Waals surface area contributed by atoms with Crippen molar-refractivity contribution in [3.8, 4) is 0 Å². The first-order chi connectivity index (χ1) is 15.3. The summed E-state index contributed by atoms with van der Waals surface area (Å²) >= 11 is 6.42. The Hall–Kier alpha value is -1.93. The van der Waals surface area contributed by atoms with Crippen molar-refractivity contribution in [2.24, 2.45) is 10.9 Å². The second kappa shape index (κ2) is 10.8. The highest BCUT2D eigenvalue weighted by molar-refractivity contribution is 7.88. The van der Waals surface area contributed by atoms with E-state index in [-0.39, 0.29) is 11.8 Å². The Morgan fingerprint density at radius 1 is 1.22 bits per heavy atom. The topological polar surface area (TPSA) is 65.0 Å². The number of aliphatic imine (C=N–C) groups is 1. The maximum absolute atomic E-state index is 12.0. The van der Waals surface area contributed by atoms with Gasteiger partial charge in [-0.25, -0.2) is 12.7 Å². The van der Waals surface area contributed by atoms with Gasteiger partial charge < -0.3 is 10.2 Å². The van der Waals surface area contributed by atoms with E-state index in [9.17, 15) is 8.42 Å². The van der Waals surface area contributed by atoms with Crippen LogP contribution >= 0.6 is 11.6 Å². The molecule has 1 N–H and O–H groups in total. The quantitative estimate of drug-likeness (QED) is 0.580. The number of rotatable bonds is 8. The van der Waals surface area contributed by atoms with Crippen molar-refractivity contribution in [2.75, 3.05) is 45.5 Å². The number of allylic oxidation sites excluding steroid dienone is 1. The molecule has 3 rings (SSSR count). The van der Waals surface area contributed by atoms with E-state index in [0.29, 0.717) is 18.1 Å². The van der Waals surface area contributed by atoms with E-state index in [1.807, 2.05) is 12.1 Å². The molecule has 2 aliphatic heterocycles. The van der Waals surface area contributed by atoms with Gasteiger partial charge in [-0.05, 0) is 42.5 Å². The molecule has 2 heterocycles. The molecule has 0 aromatic heterocycles. The molecule has 0 radical (unpaired) electrons. The molecular weight excluding hydrogens is 444 g/mol. The molecule has 0 bridgehead atoms. The Kier molecular flexibility index (Phi) is 8.33. The molecule has 2 aliphatic rings. The Morgan fingerprint density at radius 3 is 2.44 bits per heavy atom. The maximum Gasteiger partial charge on any atom is 0.211 e. The molecule has 1 aromatic carbocycles. The number of halogens is 1. The van der Waals surface area contributed by atoms with Crippen molar-refractivity contribution >= 4 is 33.0 Å². The van der Waals surface area contributed by atoms with E-state index in [4.69, 9.17) is 11.6 Å². The van der Waals surface area contributed by atoms with Crippen LogP contribution in [-0.4, -0.2) is 68.9 Å². The number of hydrogen-bond acceptors (Lipinski definition) is 5. The van der Waals surface area contributed by atoms with Crippen LogP contribution in [0.1, 0.15) is 29.9 Å². The molecule has 2 fully saturated rings. The first-order valence-corrected chi connectivity index (χ1v) is 13.2. The van der Waals surface area contributed by atoms with E-state index in [2.05, 4.69) is 41.0 Å². The van der Waals surface area contributed by atoms with Gasteiger partial charge in [-0.3, -0.25) is 4.99 Å². The van der Waals surface area contributed by atoms with E-state index in [0.717, 1.165) is 61.6 Å². The number of piperazine rings is 1. The minimum absolute atomic E-state index is 0.0563.